The fourth-order valence-corrected chi connectivity index (χ4v) is 2.43. The van der Waals surface area contributed by atoms with Crippen LogP contribution in [0.1, 0.15) is 39.0 Å². The maximum Gasteiger partial charge on any atom is 0.322 e. The molecular formula is C17H27N3O6. The summed E-state index contributed by atoms with van der Waals surface area (Å²) in [5.74, 6) is -2.76. The number of amides is 3. The molecule has 0 spiro atoms. The second-order valence-electron chi connectivity index (χ2n) is 6.19. The molecule has 26 heavy (non-hydrogen) atoms. The van der Waals surface area contributed by atoms with Crippen LogP contribution in [-0.4, -0.2) is 61.1 Å². The number of aliphatic carboxylic acids is 1. The zero-order valence-corrected chi connectivity index (χ0v) is 15.0. The van der Waals surface area contributed by atoms with Crippen LogP contribution in [0.5, 0.6) is 0 Å². The number of hydrogen-bond acceptors (Lipinski definition) is 5. The van der Waals surface area contributed by atoms with Gasteiger partial charge in [0.15, 0.2) is 0 Å². The molecule has 0 heterocycles. The van der Waals surface area contributed by atoms with Crippen molar-refractivity contribution in [3.05, 3.63) is 11.6 Å². The number of allylic oxidation sites excluding steroid dienone is 1. The maximum absolute atomic E-state index is 11.8. The van der Waals surface area contributed by atoms with Crippen LogP contribution in [0.2, 0.25) is 0 Å². The van der Waals surface area contributed by atoms with Gasteiger partial charge in [-0.05, 0) is 26.2 Å². The Kier molecular flexibility index (Phi) is 9.99. The summed E-state index contributed by atoms with van der Waals surface area (Å²) in [7, 11) is 0. The standard InChI is InChI=1S/C17H27N3O6/c1-12-5-3-2-4-6-13(7-12)26-11-16(23)19-9-14(21)18-8-15(22)20-10-17(24)25/h7,13H,2-6,8-11H2,1H3,(H,18,21)(H,19,23)(H,20,22)(H,24,25)/b12-7-. The molecule has 0 saturated carbocycles. The minimum absolute atomic E-state index is 0.0900. The molecule has 0 aromatic heterocycles. The maximum atomic E-state index is 11.8. The molecule has 3 amide bonds. The van der Waals surface area contributed by atoms with Crippen molar-refractivity contribution in [3.8, 4) is 0 Å². The van der Waals surface area contributed by atoms with Crippen LogP contribution in [-0.2, 0) is 23.9 Å². The highest BCUT2D eigenvalue weighted by Gasteiger charge is 2.13. The van der Waals surface area contributed by atoms with Gasteiger partial charge in [-0.25, -0.2) is 0 Å². The third-order valence-electron chi connectivity index (χ3n) is 3.79. The van der Waals surface area contributed by atoms with E-state index in [0.29, 0.717) is 0 Å². The number of carbonyl (C=O) groups excluding carboxylic acids is 3. The topological polar surface area (TPSA) is 134 Å². The highest BCUT2D eigenvalue weighted by atomic mass is 16.5. The molecule has 0 fully saturated rings. The molecule has 0 aliphatic heterocycles. The molecule has 1 rings (SSSR count). The lowest BCUT2D eigenvalue weighted by molar-refractivity contribution is -0.137. The second-order valence-corrected chi connectivity index (χ2v) is 6.19. The molecule has 9 nitrogen and oxygen atoms in total. The lowest BCUT2D eigenvalue weighted by Gasteiger charge is -2.18. The summed E-state index contributed by atoms with van der Waals surface area (Å²) in [4.78, 5) is 44.8. The second kappa shape index (κ2) is 12.0. The Morgan fingerprint density at radius 1 is 1.00 bits per heavy atom. The fourth-order valence-electron chi connectivity index (χ4n) is 2.43. The van der Waals surface area contributed by atoms with Crippen molar-refractivity contribution in [3.63, 3.8) is 0 Å². The Labute approximate surface area is 152 Å². The number of carbonyl (C=O) groups is 4. The minimum atomic E-state index is -1.17. The quantitative estimate of drug-likeness (QED) is 0.413. The molecule has 0 bridgehead atoms. The summed E-state index contributed by atoms with van der Waals surface area (Å²) in [6, 6.07) is 0. The first-order chi connectivity index (χ1) is 12.4. The number of hydrogen-bond donors (Lipinski definition) is 4. The molecule has 146 valence electrons. The number of carboxylic acids is 1. The SMILES string of the molecule is C/C1=C/C(OCC(=O)NCC(=O)NCC(=O)NCC(=O)O)CCCCC1. The van der Waals surface area contributed by atoms with Gasteiger partial charge in [0.2, 0.25) is 17.7 Å². The van der Waals surface area contributed by atoms with Crippen molar-refractivity contribution in [2.45, 2.75) is 45.1 Å². The van der Waals surface area contributed by atoms with Gasteiger partial charge < -0.3 is 25.8 Å². The van der Waals surface area contributed by atoms with E-state index in [1.165, 1.54) is 12.0 Å². The summed E-state index contributed by atoms with van der Waals surface area (Å²) >= 11 is 0. The van der Waals surface area contributed by atoms with E-state index in [1.54, 1.807) is 0 Å². The molecule has 0 radical (unpaired) electrons. The summed E-state index contributed by atoms with van der Waals surface area (Å²) in [6.45, 7) is 0.760. The Morgan fingerprint density at radius 3 is 2.27 bits per heavy atom. The molecule has 1 aliphatic carbocycles. The molecule has 1 aliphatic rings. The average Bonchev–Trinajstić information content (AvgIpc) is 2.58. The molecule has 1 unspecified atom stereocenters. The molecule has 0 saturated heterocycles. The van der Waals surface area contributed by atoms with Crippen LogP contribution in [0, 0.1) is 0 Å². The van der Waals surface area contributed by atoms with Crippen LogP contribution < -0.4 is 16.0 Å². The van der Waals surface area contributed by atoms with E-state index in [1.807, 2.05) is 0 Å². The largest absolute Gasteiger partial charge is 0.480 e. The zero-order chi connectivity index (χ0) is 19.4. The lowest BCUT2D eigenvalue weighted by Crippen LogP contribution is -2.43. The molecule has 0 aromatic rings. The average molecular weight is 369 g/mol. The van der Waals surface area contributed by atoms with E-state index >= 15 is 0 Å². The van der Waals surface area contributed by atoms with Crippen LogP contribution in [0.4, 0.5) is 0 Å². The van der Waals surface area contributed by atoms with Gasteiger partial charge in [-0.15, -0.1) is 0 Å². The van der Waals surface area contributed by atoms with E-state index in [4.69, 9.17) is 9.84 Å². The third-order valence-corrected chi connectivity index (χ3v) is 3.79. The van der Waals surface area contributed by atoms with Gasteiger partial charge in [-0.3, -0.25) is 19.2 Å². The highest BCUT2D eigenvalue weighted by Crippen LogP contribution is 2.18. The minimum Gasteiger partial charge on any atom is -0.480 e. The Bertz CT molecular complexity index is 547. The first-order valence-corrected chi connectivity index (χ1v) is 8.67. The van der Waals surface area contributed by atoms with Gasteiger partial charge in [0.05, 0.1) is 19.2 Å². The van der Waals surface area contributed by atoms with Gasteiger partial charge in [0.25, 0.3) is 0 Å². The molecule has 1 atom stereocenters. The highest BCUT2D eigenvalue weighted by molar-refractivity contribution is 5.89. The van der Waals surface area contributed by atoms with E-state index in [2.05, 4.69) is 29.0 Å². The van der Waals surface area contributed by atoms with Crippen molar-refractivity contribution in [1.29, 1.82) is 0 Å². The van der Waals surface area contributed by atoms with Gasteiger partial charge in [-0.1, -0.05) is 24.5 Å². The Morgan fingerprint density at radius 2 is 1.62 bits per heavy atom. The third kappa shape index (κ3) is 10.4. The van der Waals surface area contributed by atoms with Crippen molar-refractivity contribution >= 4 is 23.7 Å². The predicted octanol–water partition coefficient (Wildman–Crippen LogP) is -0.285. The zero-order valence-electron chi connectivity index (χ0n) is 15.0. The predicted molar refractivity (Wildman–Crippen MR) is 93.2 cm³/mol. The van der Waals surface area contributed by atoms with Gasteiger partial charge >= 0.3 is 5.97 Å². The Balaban J connectivity index is 2.19. The van der Waals surface area contributed by atoms with Crippen LogP contribution >= 0.6 is 0 Å². The van der Waals surface area contributed by atoms with E-state index in [9.17, 15) is 19.2 Å². The van der Waals surface area contributed by atoms with Crippen molar-refractivity contribution < 1.29 is 29.0 Å². The van der Waals surface area contributed by atoms with Gasteiger partial charge in [0, 0.05) is 0 Å². The lowest BCUT2D eigenvalue weighted by atomic mass is 9.99. The van der Waals surface area contributed by atoms with Crippen LogP contribution in [0.25, 0.3) is 0 Å². The number of nitrogens with one attached hydrogen (secondary N) is 3. The molecule has 9 heteroatoms. The van der Waals surface area contributed by atoms with Crippen molar-refractivity contribution in [2.24, 2.45) is 0 Å². The summed E-state index contributed by atoms with van der Waals surface area (Å²) in [5, 5.41) is 15.2. The number of ether oxygens (including phenoxy) is 1. The summed E-state index contributed by atoms with van der Waals surface area (Å²) < 4.78 is 5.60. The molecule has 0 aromatic carbocycles. The van der Waals surface area contributed by atoms with E-state index < -0.39 is 30.2 Å². The Hall–Kier alpha value is -2.42. The van der Waals surface area contributed by atoms with Gasteiger partial charge in [-0.2, -0.15) is 0 Å². The first kappa shape index (κ1) is 21.6. The van der Waals surface area contributed by atoms with Gasteiger partial charge in [0.1, 0.15) is 13.2 Å². The molecular weight excluding hydrogens is 342 g/mol. The van der Waals surface area contributed by atoms with Crippen LogP contribution in [0.15, 0.2) is 11.6 Å². The van der Waals surface area contributed by atoms with E-state index in [0.717, 1.165) is 25.7 Å². The monoisotopic (exact) mass is 369 g/mol. The summed E-state index contributed by atoms with van der Waals surface area (Å²) in [5.41, 5.74) is 1.26. The first-order valence-electron chi connectivity index (χ1n) is 8.67. The van der Waals surface area contributed by atoms with Crippen molar-refractivity contribution in [2.75, 3.05) is 26.2 Å². The number of rotatable bonds is 9. The van der Waals surface area contributed by atoms with Crippen LogP contribution in [0.3, 0.4) is 0 Å². The van der Waals surface area contributed by atoms with E-state index in [-0.39, 0.29) is 25.8 Å². The number of carboxylic acid groups (broad SMARTS) is 1. The normalized spacial score (nSPS) is 19.3. The van der Waals surface area contributed by atoms with Crippen molar-refractivity contribution in [1.82, 2.24) is 16.0 Å². The molecule has 4 N–H and O–H groups in total. The summed E-state index contributed by atoms with van der Waals surface area (Å²) in [6.07, 6.45) is 7.27. The smallest absolute Gasteiger partial charge is 0.322 e. The fraction of sp³-hybridized carbons (Fsp3) is 0.647.